The minimum Gasteiger partial charge on any atom is -0.342 e. The first-order chi connectivity index (χ1) is 11.6. The van der Waals surface area contributed by atoms with Crippen molar-refractivity contribution in [3.05, 3.63) is 64.1 Å². The van der Waals surface area contributed by atoms with E-state index < -0.39 is 0 Å². The van der Waals surface area contributed by atoms with Crippen LogP contribution in [0.25, 0.3) is 0 Å². The molecule has 24 heavy (non-hydrogen) atoms. The molecule has 0 unspecified atom stereocenters. The number of carbonyl (C=O) groups is 1. The lowest BCUT2D eigenvalue weighted by Gasteiger charge is -2.32. The lowest BCUT2D eigenvalue weighted by Crippen LogP contribution is -2.39. The topological polar surface area (TPSA) is 66.1 Å². The van der Waals surface area contributed by atoms with E-state index >= 15 is 0 Å². The van der Waals surface area contributed by atoms with Crippen molar-refractivity contribution in [2.24, 2.45) is 0 Å². The highest BCUT2D eigenvalue weighted by Crippen LogP contribution is 2.25. The number of H-pyrrole nitrogens is 1. The smallest absolute Gasteiger partial charge is 0.342 e. The van der Waals surface area contributed by atoms with E-state index in [1.165, 1.54) is 18.3 Å². The van der Waals surface area contributed by atoms with E-state index in [0.717, 1.165) is 30.6 Å². The van der Waals surface area contributed by atoms with Gasteiger partial charge >= 0.3 is 5.69 Å². The number of aromatic nitrogens is 2. The summed E-state index contributed by atoms with van der Waals surface area (Å²) in [5, 5.41) is 0. The third-order valence-corrected chi connectivity index (χ3v) is 4.45. The van der Waals surface area contributed by atoms with Crippen molar-refractivity contribution < 1.29 is 9.18 Å². The third kappa shape index (κ3) is 4.07. The van der Waals surface area contributed by atoms with E-state index in [0.29, 0.717) is 19.4 Å². The molecule has 1 atom stereocenters. The number of hydrogen-bond donors (Lipinski definition) is 1. The van der Waals surface area contributed by atoms with Gasteiger partial charge in [0.2, 0.25) is 5.91 Å². The van der Waals surface area contributed by atoms with Crippen molar-refractivity contribution in [2.75, 3.05) is 13.1 Å². The number of nitrogens with one attached hydrogen (secondary N) is 1. The van der Waals surface area contributed by atoms with Crippen molar-refractivity contribution >= 4 is 5.91 Å². The molecule has 1 aromatic heterocycles. The van der Waals surface area contributed by atoms with Gasteiger partial charge < -0.3 is 9.88 Å². The van der Waals surface area contributed by atoms with Gasteiger partial charge in [-0.05, 0) is 43.0 Å². The zero-order valence-electron chi connectivity index (χ0n) is 13.4. The number of amides is 1. The van der Waals surface area contributed by atoms with Crippen molar-refractivity contribution in [3.8, 4) is 0 Å². The van der Waals surface area contributed by atoms with Crippen LogP contribution in [0.3, 0.4) is 0 Å². The molecule has 0 bridgehead atoms. The molecule has 1 saturated heterocycles. The van der Waals surface area contributed by atoms with Gasteiger partial charge in [-0.2, -0.15) is 0 Å². The van der Waals surface area contributed by atoms with Crippen molar-refractivity contribution in [1.82, 2.24) is 14.9 Å². The van der Waals surface area contributed by atoms with E-state index in [2.05, 4.69) is 9.97 Å². The molecule has 0 aliphatic carbocycles. The summed E-state index contributed by atoms with van der Waals surface area (Å²) in [7, 11) is 0. The highest BCUT2D eigenvalue weighted by atomic mass is 19.1. The number of piperidine rings is 1. The summed E-state index contributed by atoms with van der Waals surface area (Å²) in [5.41, 5.74) is 1.44. The van der Waals surface area contributed by atoms with Crippen molar-refractivity contribution in [2.45, 2.75) is 31.6 Å². The SMILES string of the molecule is O=C(CCc1ccc(F)cc1)N1CCC[C@@H](c2ccnc(=O)[nH]2)C1. The van der Waals surface area contributed by atoms with E-state index in [1.54, 1.807) is 18.2 Å². The summed E-state index contributed by atoms with van der Waals surface area (Å²) in [4.78, 5) is 32.1. The normalized spacial score (nSPS) is 17.7. The standard InChI is InChI=1S/C18H20FN3O2/c19-15-6-3-13(4-7-15)5-8-17(23)22-11-1-2-14(12-22)16-9-10-20-18(24)21-16/h3-4,6-7,9-10,14H,1-2,5,8,11-12H2,(H,20,21,24)/t14-/m1/s1. The van der Waals surface area contributed by atoms with E-state index in [-0.39, 0.29) is 23.3 Å². The first-order valence-corrected chi connectivity index (χ1v) is 8.19. The molecule has 6 heteroatoms. The lowest BCUT2D eigenvalue weighted by atomic mass is 9.94. The van der Waals surface area contributed by atoms with Gasteiger partial charge in [0.25, 0.3) is 0 Å². The summed E-state index contributed by atoms with van der Waals surface area (Å²) in [6.45, 7) is 1.36. The zero-order chi connectivity index (χ0) is 16.9. The molecular weight excluding hydrogens is 309 g/mol. The van der Waals surface area contributed by atoms with E-state index in [4.69, 9.17) is 0 Å². The molecule has 2 heterocycles. The van der Waals surface area contributed by atoms with Gasteiger partial charge in [-0.15, -0.1) is 0 Å². The number of hydrogen-bond acceptors (Lipinski definition) is 3. The molecule has 5 nitrogen and oxygen atoms in total. The Morgan fingerprint density at radius 1 is 1.29 bits per heavy atom. The summed E-state index contributed by atoms with van der Waals surface area (Å²) < 4.78 is 12.9. The van der Waals surface area contributed by atoms with Crippen LogP contribution in [-0.4, -0.2) is 33.9 Å². The summed E-state index contributed by atoms with van der Waals surface area (Å²) >= 11 is 0. The maximum atomic E-state index is 12.9. The second kappa shape index (κ2) is 7.38. The summed E-state index contributed by atoms with van der Waals surface area (Å²) in [6.07, 6.45) is 4.38. The van der Waals surface area contributed by atoms with Gasteiger partial charge in [0.05, 0.1) is 0 Å². The second-order valence-electron chi connectivity index (χ2n) is 6.14. The summed E-state index contributed by atoms with van der Waals surface area (Å²) in [5.74, 6) is -0.0278. The molecule has 1 aromatic carbocycles. The average Bonchev–Trinajstić information content (AvgIpc) is 2.61. The summed E-state index contributed by atoms with van der Waals surface area (Å²) in [6, 6.07) is 8.05. The van der Waals surface area contributed by atoms with Crippen LogP contribution in [0, 0.1) is 5.82 Å². The monoisotopic (exact) mass is 329 g/mol. The Balaban J connectivity index is 1.58. The number of aromatic amines is 1. The molecule has 0 saturated carbocycles. The first-order valence-electron chi connectivity index (χ1n) is 8.19. The fourth-order valence-electron chi connectivity index (χ4n) is 3.14. The highest BCUT2D eigenvalue weighted by molar-refractivity contribution is 5.76. The van der Waals surface area contributed by atoms with Crippen LogP contribution in [0.2, 0.25) is 0 Å². The second-order valence-corrected chi connectivity index (χ2v) is 6.14. The Morgan fingerprint density at radius 2 is 2.08 bits per heavy atom. The molecule has 1 N–H and O–H groups in total. The van der Waals surface area contributed by atoms with Crippen LogP contribution >= 0.6 is 0 Å². The fraction of sp³-hybridized carbons (Fsp3) is 0.389. The number of nitrogens with zero attached hydrogens (tertiary/aromatic N) is 2. The molecular formula is C18H20FN3O2. The molecule has 0 radical (unpaired) electrons. The number of carbonyl (C=O) groups excluding carboxylic acids is 1. The van der Waals surface area contributed by atoms with Crippen LogP contribution in [-0.2, 0) is 11.2 Å². The van der Waals surface area contributed by atoms with Gasteiger partial charge in [0.1, 0.15) is 5.82 Å². The maximum Gasteiger partial charge on any atom is 0.345 e. The molecule has 1 amide bonds. The van der Waals surface area contributed by atoms with Crippen molar-refractivity contribution in [3.63, 3.8) is 0 Å². The molecule has 3 rings (SSSR count). The molecule has 126 valence electrons. The Kier molecular flexibility index (Phi) is 5.03. The fourth-order valence-corrected chi connectivity index (χ4v) is 3.14. The van der Waals surface area contributed by atoms with Crippen LogP contribution in [0.5, 0.6) is 0 Å². The Labute approximate surface area is 139 Å². The number of aryl methyl sites for hydroxylation is 1. The quantitative estimate of drug-likeness (QED) is 0.935. The van der Waals surface area contributed by atoms with Crippen LogP contribution in [0.15, 0.2) is 41.3 Å². The minimum absolute atomic E-state index is 0.0976. The predicted molar refractivity (Wildman–Crippen MR) is 88.1 cm³/mol. The van der Waals surface area contributed by atoms with Gasteiger partial charge in [0, 0.05) is 37.3 Å². The van der Waals surface area contributed by atoms with Crippen LogP contribution in [0.1, 0.15) is 36.4 Å². The van der Waals surface area contributed by atoms with Gasteiger partial charge in [-0.1, -0.05) is 12.1 Å². The van der Waals surface area contributed by atoms with Gasteiger partial charge in [0.15, 0.2) is 0 Å². The van der Waals surface area contributed by atoms with Crippen LogP contribution < -0.4 is 5.69 Å². The average molecular weight is 329 g/mol. The van der Waals surface area contributed by atoms with Gasteiger partial charge in [-0.3, -0.25) is 4.79 Å². The van der Waals surface area contributed by atoms with E-state index in [9.17, 15) is 14.0 Å². The van der Waals surface area contributed by atoms with Crippen LogP contribution in [0.4, 0.5) is 4.39 Å². The molecule has 1 aliphatic heterocycles. The zero-order valence-corrected chi connectivity index (χ0v) is 13.4. The highest BCUT2D eigenvalue weighted by Gasteiger charge is 2.25. The van der Waals surface area contributed by atoms with Crippen molar-refractivity contribution in [1.29, 1.82) is 0 Å². The van der Waals surface area contributed by atoms with Gasteiger partial charge in [-0.25, -0.2) is 14.2 Å². The molecule has 2 aromatic rings. The number of benzene rings is 1. The number of rotatable bonds is 4. The van der Waals surface area contributed by atoms with E-state index in [1.807, 2.05) is 4.90 Å². The molecule has 0 spiro atoms. The Hall–Kier alpha value is -2.50. The minimum atomic E-state index is -0.354. The third-order valence-electron chi connectivity index (χ3n) is 4.45. The molecule has 1 fully saturated rings. The Bertz CT molecular complexity index is 757. The Morgan fingerprint density at radius 3 is 2.83 bits per heavy atom. The largest absolute Gasteiger partial charge is 0.345 e. The number of halogens is 1. The maximum absolute atomic E-state index is 12.9. The first kappa shape index (κ1) is 16.4. The lowest BCUT2D eigenvalue weighted by molar-refractivity contribution is -0.132. The molecule has 1 aliphatic rings. The number of likely N-dealkylation sites (tertiary alicyclic amines) is 1. The predicted octanol–water partition coefficient (Wildman–Crippen LogP) is 2.25.